The first-order valence-electron chi connectivity index (χ1n) is 7.14. The van der Waals surface area contributed by atoms with E-state index in [1.54, 1.807) is 21.8 Å². The number of anilines is 1. The van der Waals surface area contributed by atoms with Crippen LogP contribution < -0.4 is 10.1 Å². The summed E-state index contributed by atoms with van der Waals surface area (Å²) >= 11 is 0. The summed E-state index contributed by atoms with van der Waals surface area (Å²) in [4.78, 5) is 12.4. The normalized spacial score (nSPS) is 13.7. The molecule has 7 nitrogen and oxygen atoms in total. The summed E-state index contributed by atoms with van der Waals surface area (Å²) in [6.45, 7) is 1.40. The predicted octanol–water partition coefficient (Wildman–Crippen LogP) is 1.80. The van der Waals surface area contributed by atoms with Gasteiger partial charge in [-0.05, 0) is 18.2 Å². The molecule has 1 amide bonds. The summed E-state index contributed by atoms with van der Waals surface area (Å²) in [5.74, 6) is 0.329. The summed E-state index contributed by atoms with van der Waals surface area (Å²) in [7, 11) is 1.87. The number of benzene rings is 1. The second-order valence-corrected chi connectivity index (χ2v) is 5.28. The number of hydrogen-bond donors (Lipinski definition) is 1. The number of aryl methyl sites for hydroxylation is 2. The molecule has 0 saturated carbocycles. The van der Waals surface area contributed by atoms with Gasteiger partial charge >= 0.3 is 0 Å². The van der Waals surface area contributed by atoms with Gasteiger partial charge in [0.05, 0.1) is 24.5 Å². The van der Waals surface area contributed by atoms with Gasteiger partial charge in [0, 0.05) is 31.1 Å². The number of rotatable bonds is 2. The van der Waals surface area contributed by atoms with E-state index in [2.05, 4.69) is 15.5 Å². The maximum absolute atomic E-state index is 12.4. The number of amides is 1. The van der Waals surface area contributed by atoms with Crippen LogP contribution in [0.4, 0.5) is 5.69 Å². The quantitative estimate of drug-likeness (QED) is 0.783. The zero-order chi connectivity index (χ0) is 15.1. The first kappa shape index (κ1) is 12.9. The van der Waals surface area contributed by atoms with Gasteiger partial charge < -0.3 is 10.1 Å². The molecule has 1 aliphatic rings. The van der Waals surface area contributed by atoms with E-state index < -0.39 is 0 Å². The Bertz CT molecular complexity index is 864. The van der Waals surface area contributed by atoms with Crippen LogP contribution in [-0.2, 0) is 13.6 Å². The minimum absolute atomic E-state index is 0.218. The molecule has 1 aromatic carbocycles. The lowest BCUT2D eigenvalue weighted by Crippen LogP contribution is -2.18. The predicted molar refractivity (Wildman–Crippen MR) is 81.0 cm³/mol. The van der Waals surface area contributed by atoms with Gasteiger partial charge in [0.15, 0.2) is 0 Å². The zero-order valence-corrected chi connectivity index (χ0v) is 12.1. The lowest BCUT2D eigenvalue weighted by atomic mass is 10.2. The number of carbonyl (C=O) groups is 1. The van der Waals surface area contributed by atoms with E-state index in [1.165, 1.54) is 0 Å². The van der Waals surface area contributed by atoms with Crippen molar-refractivity contribution >= 4 is 22.5 Å². The van der Waals surface area contributed by atoms with Crippen LogP contribution in [0.1, 0.15) is 16.8 Å². The molecular formula is C15H15N5O2. The highest BCUT2D eigenvalue weighted by Gasteiger charge is 2.21. The fraction of sp³-hybridized carbons (Fsp3) is 0.267. The number of ether oxygens (including phenoxy) is 1. The minimum atomic E-state index is -0.218. The van der Waals surface area contributed by atoms with E-state index in [1.807, 2.05) is 25.2 Å². The Hall–Kier alpha value is -2.83. The van der Waals surface area contributed by atoms with Crippen molar-refractivity contribution in [3.63, 3.8) is 0 Å². The molecule has 3 heterocycles. The fourth-order valence-corrected chi connectivity index (χ4v) is 2.64. The van der Waals surface area contributed by atoms with Crippen LogP contribution in [0, 0.1) is 0 Å². The van der Waals surface area contributed by atoms with Crippen LogP contribution in [0.25, 0.3) is 10.9 Å². The highest BCUT2D eigenvalue weighted by Crippen LogP contribution is 2.24. The molecule has 2 aromatic heterocycles. The van der Waals surface area contributed by atoms with E-state index in [4.69, 9.17) is 4.74 Å². The summed E-state index contributed by atoms with van der Waals surface area (Å²) in [5, 5.41) is 12.3. The fourth-order valence-electron chi connectivity index (χ4n) is 2.64. The Morgan fingerprint density at radius 1 is 1.32 bits per heavy atom. The van der Waals surface area contributed by atoms with Crippen molar-refractivity contribution in [1.82, 2.24) is 19.6 Å². The van der Waals surface area contributed by atoms with E-state index >= 15 is 0 Å². The Morgan fingerprint density at radius 2 is 2.23 bits per heavy atom. The highest BCUT2D eigenvalue weighted by molar-refractivity contribution is 6.06. The van der Waals surface area contributed by atoms with Crippen LogP contribution in [0.2, 0.25) is 0 Å². The van der Waals surface area contributed by atoms with Crippen LogP contribution >= 0.6 is 0 Å². The molecule has 112 valence electrons. The number of aromatic nitrogens is 4. The molecule has 4 rings (SSSR count). The van der Waals surface area contributed by atoms with Gasteiger partial charge in [-0.2, -0.15) is 10.2 Å². The third-order valence-electron chi connectivity index (χ3n) is 3.80. The van der Waals surface area contributed by atoms with Gasteiger partial charge in [-0.1, -0.05) is 0 Å². The zero-order valence-electron chi connectivity index (χ0n) is 12.1. The summed E-state index contributed by atoms with van der Waals surface area (Å²) in [5.41, 5.74) is 2.15. The van der Waals surface area contributed by atoms with Gasteiger partial charge in [0.1, 0.15) is 5.56 Å². The van der Waals surface area contributed by atoms with Gasteiger partial charge in [0.2, 0.25) is 5.88 Å². The maximum Gasteiger partial charge on any atom is 0.262 e. The van der Waals surface area contributed by atoms with Crippen LogP contribution in [-0.4, -0.2) is 32.1 Å². The van der Waals surface area contributed by atoms with Gasteiger partial charge in [-0.15, -0.1) is 0 Å². The molecule has 0 spiro atoms. The Balaban J connectivity index is 1.63. The van der Waals surface area contributed by atoms with Crippen LogP contribution in [0.15, 0.2) is 30.6 Å². The largest absolute Gasteiger partial charge is 0.477 e. The Labute approximate surface area is 126 Å². The molecule has 0 aliphatic carbocycles. The van der Waals surface area contributed by atoms with Gasteiger partial charge in [0.25, 0.3) is 5.91 Å². The highest BCUT2D eigenvalue weighted by atomic mass is 16.5. The monoisotopic (exact) mass is 297 g/mol. The number of nitrogens with one attached hydrogen (secondary N) is 1. The topological polar surface area (TPSA) is 74.0 Å². The lowest BCUT2D eigenvalue weighted by molar-refractivity contribution is 0.102. The van der Waals surface area contributed by atoms with Crippen molar-refractivity contribution in [3.05, 3.63) is 36.2 Å². The first-order chi connectivity index (χ1) is 10.7. The van der Waals surface area contributed by atoms with Crippen molar-refractivity contribution < 1.29 is 9.53 Å². The molecule has 0 atom stereocenters. The molecule has 0 radical (unpaired) electrons. The lowest BCUT2D eigenvalue weighted by Gasteiger charge is -2.15. The minimum Gasteiger partial charge on any atom is -0.477 e. The van der Waals surface area contributed by atoms with Crippen LogP contribution in [0.3, 0.4) is 0 Å². The second-order valence-electron chi connectivity index (χ2n) is 5.28. The van der Waals surface area contributed by atoms with Crippen molar-refractivity contribution in [2.24, 2.45) is 7.05 Å². The van der Waals surface area contributed by atoms with Crippen LogP contribution in [0.5, 0.6) is 5.88 Å². The van der Waals surface area contributed by atoms with E-state index in [0.717, 1.165) is 29.6 Å². The SMILES string of the molecule is Cn1ncc2ccc(NC(=O)c3cnn4c3OCCC4)cc21. The van der Waals surface area contributed by atoms with Crippen molar-refractivity contribution in [3.8, 4) is 5.88 Å². The summed E-state index contributed by atoms with van der Waals surface area (Å²) < 4.78 is 9.05. The molecule has 0 bridgehead atoms. The molecule has 1 N–H and O–H groups in total. The Morgan fingerprint density at radius 3 is 3.14 bits per heavy atom. The van der Waals surface area contributed by atoms with Crippen molar-refractivity contribution in [1.29, 1.82) is 0 Å². The average molecular weight is 297 g/mol. The standard InChI is InChI=1S/C15H15N5O2/c1-19-13-7-11(4-3-10(13)8-16-19)18-14(21)12-9-17-20-5-2-6-22-15(12)20/h3-4,7-9H,2,5-6H2,1H3,(H,18,21). The molecule has 22 heavy (non-hydrogen) atoms. The third-order valence-corrected chi connectivity index (χ3v) is 3.80. The number of fused-ring (bicyclic) bond motifs is 2. The Kier molecular flexibility index (Phi) is 2.85. The molecule has 3 aromatic rings. The van der Waals surface area contributed by atoms with E-state index in [0.29, 0.717) is 18.1 Å². The summed E-state index contributed by atoms with van der Waals surface area (Å²) in [6, 6.07) is 5.69. The molecule has 0 fully saturated rings. The molecule has 1 aliphatic heterocycles. The first-order valence-corrected chi connectivity index (χ1v) is 7.14. The van der Waals surface area contributed by atoms with Crippen molar-refractivity contribution in [2.75, 3.05) is 11.9 Å². The molecule has 7 heteroatoms. The number of nitrogens with zero attached hydrogens (tertiary/aromatic N) is 4. The van der Waals surface area contributed by atoms with Gasteiger partial charge in [-0.25, -0.2) is 4.68 Å². The van der Waals surface area contributed by atoms with Crippen molar-refractivity contribution in [2.45, 2.75) is 13.0 Å². The second kappa shape index (κ2) is 4.87. The van der Waals surface area contributed by atoms with E-state index in [-0.39, 0.29) is 5.91 Å². The smallest absolute Gasteiger partial charge is 0.262 e. The maximum atomic E-state index is 12.4. The average Bonchev–Trinajstić information content (AvgIpc) is 3.12. The third kappa shape index (κ3) is 2.02. The molecule has 0 saturated heterocycles. The van der Waals surface area contributed by atoms with E-state index in [9.17, 15) is 4.79 Å². The molecular weight excluding hydrogens is 282 g/mol. The summed E-state index contributed by atoms with van der Waals surface area (Å²) in [6.07, 6.45) is 4.26. The van der Waals surface area contributed by atoms with Gasteiger partial charge in [-0.3, -0.25) is 9.48 Å². The number of carbonyl (C=O) groups excluding carboxylic acids is 1. The molecule has 0 unspecified atom stereocenters. The number of hydrogen-bond acceptors (Lipinski definition) is 4.